The number of alkyl halides is 3. The monoisotopic (exact) mass is 413 g/mol. The number of amides is 1. The molecule has 1 amide bonds. The lowest BCUT2D eigenvalue weighted by Crippen LogP contribution is -2.54. The number of nitrogens with one attached hydrogen (secondary N) is 2. The summed E-state index contributed by atoms with van der Waals surface area (Å²) in [6, 6.07) is 8.84. The zero-order valence-electron chi connectivity index (χ0n) is 14.8. The lowest BCUT2D eigenvalue weighted by atomic mass is 9.99. The van der Waals surface area contributed by atoms with Crippen molar-refractivity contribution >= 4 is 17.3 Å². The van der Waals surface area contributed by atoms with Crippen molar-refractivity contribution in [2.24, 2.45) is 5.73 Å². The van der Waals surface area contributed by atoms with Gasteiger partial charge in [0.25, 0.3) is 0 Å². The van der Waals surface area contributed by atoms with Crippen molar-refractivity contribution in [3.8, 4) is 0 Å². The Balaban J connectivity index is 0.00000300. The summed E-state index contributed by atoms with van der Waals surface area (Å²) in [6.45, 7) is 0.393. The molecule has 1 fully saturated rings. The first-order valence-corrected chi connectivity index (χ1v) is 8.56. The number of carbonyl (C=O) groups is 1. The van der Waals surface area contributed by atoms with Crippen LogP contribution in [0.3, 0.4) is 0 Å². The maximum Gasteiger partial charge on any atom is 0.418 e. The predicted octanol–water partition coefficient (Wildman–Crippen LogP) is 3.96. The fourth-order valence-electron chi connectivity index (χ4n) is 2.87. The van der Waals surface area contributed by atoms with E-state index in [1.165, 1.54) is 30.3 Å². The van der Waals surface area contributed by atoms with Crippen molar-refractivity contribution in [3.63, 3.8) is 0 Å². The largest absolute Gasteiger partial charge is 0.418 e. The first kappa shape index (κ1) is 22.6. The van der Waals surface area contributed by atoms with Crippen molar-refractivity contribution in [1.82, 2.24) is 5.32 Å². The van der Waals surface area contributed by atoms with Crippen LogP contribution in [0.15, 0.2) is 42.5 Å². The normalized spacial score (nSPS) is 18.8. The van der Waals surface area contributed by atoms with E-state index >= 15 is 0 Å². The number of hydrogen-bond acceptors (Lipinski definition) is 4. The Bertz CT molecular complexity index is 865. The summed E-state index contributed by atoms with van der Waals surface area (Å²) in [6.07, 6.45) is -4.16. The maximum absolute atomic E-state index is 14.3. The van der Waals surface area contributed by atoms with Gasteiger partial charge in [0.05, 0.1) is 17.9 Å². The van der Waals surface area contributed by atoms with Crippen molar-refractivity contribution in [2.45, 2.75) is 32.1 Å². The molecule has 0 unspecified atom stereocenters. The Morgan fingerprint density at radius 1 is 1.21 bits per heavy atom. The first-order chi connectivity index (χ1) is 13.2. The summed E-state index contributed by atoms with van der Waals surface area (Å²) < 4.78 is 58.6. The van der Waals surface area contributed by atoms with Crippen LogP contribution in [0.2, 0.25) is 0 Å². The summed E-state index contributed by atoms with van der Waals surface area (Å²) in [5.41, 5.74) is 4.12. The molecule has 5 nitrogen and oxygen atoms in total. The number of nitrogens with two attached hydrogens (primary N) is 1. The van der Waals surface area contributed by atoms with Crippen molar-refractivity contribution < 1.29 is 27.1 Å². The predicted molar refractivity (Wildman–Crippen MR) is 102 cm³/mol. The van der Waals surface area contributed by atoms with E-state index < -0.39 is 29.0 Å². The molecule has 0 saturated carbocycles. The number of anilines is 2. The van der Waals surface area contributed by atoms with E-state index in [2.05, 4.69) is 10.6 Å². The first-order valence-electron chi connectivity index (χ1n) is 8.56. The van der Waals surface area contributed by atoms with Gasteiger partial charge in [0.1, 0.15) is 11.4 Å². The second kappa shape index (κ2) is 8.79. The molecule has 2 aromatic carbocycles. The van der Waals surface area contributed by atoms with Crippen LogP contribution in [-0.4, -0.2) is 24.7 Å². The molecule has 1 aliphatic heterocycles. The smallest absolute Gasteiger partial charge is 0.379 e. The van der Waals surface area contributed by atoms with Crippen molar-refractivity contribution in [2.75, 3.05) is 18.5 Å². The van der Waals surface area contributed by atoms with Crippen LogP contribution in [0.25, 0.3) is 0 Å². The lowest BCUT2D eigenvalue weighted by molar-refractivity contribution is -0.137. The summed E-state index contributed by atoms with van der Waals surface area (Å²) in [5, 5.41) is 5.15. The average Bonchev–Trinajstić information content (AvgIpc) is 3.08. The molecular formula is C20H23F4N3O2. The number of halogens is 4. The lowest BCUT2D eigenvalue weighted by Gasteiger charge is -2.20. The van der Waals surface area contributed by atoms with E-state index in [0.29, 0.717) is 13.0 Å². The number of hydrogen-bond donors (Lipinski definition) is 3. The average molecular weight is 413 g/mol. The minimum Gasteiger partial charge on any atom is -0.379 e. The molecule has 1 atom stereocenters. The molecule has 3 rings (SSSR count). The Morgan fingerprint density at radius 3 is 2.55 bits per heavy atom. The molecule has 2 aromatic rings. The molecule has 1 heterocycles. The SMILES string of the molecule is C.N[C@@]1(C(=O)NCc2ccc(Nc3ccccc3C(F)(F)F)cc2F)CCOC1. The number of ether oxygens (including phenoxy) is 1. The fraction of sp³-hybridized carbons (Fsp3) is 0.350. The van der Waals surface area contributed by atoms with Crippen molar-refractivity contribution in [1.29, 1.82) is 0 Å². The van der Waals surface area contributed by atoms with Gasteiger partial charge in [0, 0.05) is 24.4 Å². The van der Waals surface area contributed by atoms with Gasteiger partial charge in [-0.3, -0.25) is 4.79 Å². The molecular weight excluding hydrogens is 390 g/mol. The molecule has 1 aliphatic rings. The third kappa shape index (κ3) is 5.24. The van der Waals surface area contributed by atoms with Gasteiger partial charge in [-0.25, -0.2) is 4.39 Å². The van der Waals surface area contributed by atoms with Crippen LogP contribution in [0.4, 0.5) is 28.9 Å². The summed E-state index contributed by atoms with van der Waals surface area (Å²) in [7, 11) is 0. The minimum atomic E-state index is -4.53. The van der Waals surface area contributed by atoms with E-state index in [1.54, 1.807) is 0 Å². The highest BCUT2D eigenvalue weighted by atomic mass is 19.4. The second-order valence-electron chi connectivity index (χ2n) is 6.62. The molecule has 4 N–H and O–H groups in total. The number of benzene rings is 2. The van der Waals surface area contributed by atoms with Gasteiger partial charge in [-0.15, -0.1) is 0 Å². The number of carbonyl (C=O) groups excluding carboxylic acids is 1. The van der Waals surface area contributed by atoms with Gasteiger partial charge in [-0.1, -0.05) is 25.6 Å². The number of rotatable bonds is 5. The zero-order valence-corrected chi connectivity index (χ0v) is 14.8. The fourth-order valence-corrected chi connectivity index (χ4v) is 2.87. The third-order valence-electron chi connectivity index (χ3n) is 4.51. The van der Waals surface area contributed by atoms with Crippen LogP contribution in [-0.2, 0) is 22.3 Å². The third-order valence-corrected chi connectivity index (χ3v) is 4.51. The van der Waals surface area contributed by atoms with Gasteiger partial charge in [0.2, 0.25) is 5.91 Å². The van der Waals surface area contributed by atoms with Crippen LogP contribution in [0.1, 0.15) is 25.0 Å². The van der Waals surface area contributed by atoms with Crippen LogP contribution < -0.4 is 16.4 Å². The molecule has 29 heavy (non-hydrogen) atoms. The molecule has 158 valence electrons. The highest BCUT2D eigenvalue weighted by Crippen LogP contribution is 2.36. The summed E-state index contributed by atoms with van der Waals surface area (Å²) in [5.74, 6) is -1.10. The quantitative estimate of drug-likeness (QED) is 0.649. The van der Waals surface area contributed by atoms with Gasteiger partial charge in [-0.05, 0) is 30.7 Å². The van der Waals surface area contributed by atoms with E-state index in [1.807, 2.05) is 0 Å². The Kier molecular flexibility index (Phi) is 6.86. The van der Waals surface area contributed by atoms with Crippen molar-refractivity contribution in [3.05, 3.63) is 59.4 Å². The van der Waals surface area contributed by atoms with Crippen LogP contribution in [0, 0.1) is 5.82 Å². The minimum absolute atomic E-state index is 0. The Hall–Kier alpha value is -2.65. The van der Waals surface area contributed by atoms with Crippen LogP contribution >= 0.6 is 0 Å². The molecule has 0 aromatic heterocycles. The topological polar surface area (TPSA) is 76.4 Å². The maximum atomic E-state index is 14.3. The number of para-hydroxylation sites is 1. The Labute approximate surface area is 166 Å². The highest BCUT2D eigenvalue weighted by molar-refractivity contribution is 5.86. The Morgan fingerprint density at radius 2 is 1.93 bits per heavy atom. The summed E-state index contributed by atoms with van der Waals surface area (Å²) >= 11 is 0. The molecule has 9 heteroatoms. The standard InChI is InChI=1S/C19H19F4N3O2.CH4/c20-15-9-13(26-16-4-2-1-3-14(16)19(21,22)23)6-5-12(15)10-25-17(27)18(24)7-8-28-11-18;/h1-6,9,26H,7-8,10-11,24H2,(H,25,27);1H4/t18-;/m0./s1. The highest BCUT2D eigenvalue weighted by Gasteiger charge is 2.38. The van der Waals surface area contributed by atoms with Crippen LogP contribution in [0.5, 0.6) is 0 Å². The van der Waals surface area contributed by atoms with E-state index in [-0.39, 0.29) is 37.5 Å². The van der Waals surface area contributed by atoms with Gasteiger partial charge < -0.3 is 21.1 Å². The molecule has 0 spiro atoms. The van der Waals surface area contributed by atoms with E-state index in [4.69, 9.17) is 10.5 Å². The van der Waals surface area contributed by atoms with E-state index in [9.17, 15) is 22.4 Å². The molecule has 0 aliphatic carbocycles. The van der Waals surface area contributed by atoms with E-state index in [0.717, 1.165) is 12.1 Å². The van der Waals surface area contributed by atoms with Gasteiger partial charge in [0.15, 0.2) is 0 Å². The van der Waals surface area contributed by atoms with Gasteiger partial charge in [-0.2, -0.15) is 13.2 Å². The second-order valence-corrected chi connectivity index (χ2v) is 6.62. The zero-order chi connectivity index (χ0) is 20.4. The summed E-state index contributed by atoms with van der Waals surface area (Å²) in [4.78, 5) is 12.1. The molecule has 0 bridgehead atoms. The molecule has 0 radical (unpaired) electrons. The molecule has 1 saturated heterocycles. The van der Waals surface area contributed by atoms with Gasteiger partial charge >= 0.3 is 6.18 Å².